The lowest BCUT2D eigenvalue weighted by Crippen LogP contribution is -2.36. The Hall–Kier alpha value is -2.41. The fraction of sp³-hybridized carbons (Fsp3) is 0.250. The van der Waals surface area contributed by atoms with Crippen LogP contribution >= 0.6 is 0 Å². The number of sulfone groups is 1. The summed E-state index contributed by atoms with van der Waals surface area (Å²) in [6.45, 7) is 0.829. The van der Waals surface area contributed by atoms with Gasteiger partial charge in [0.05, 0.1) is 4.90 Å². The number of benzene rings is 1. The summed E-state index contributed by atoms with van der Waals surface area (Å²) in [6, 6.07) is 11.8. The summed E-state index contributed by atoms with van der Waals surface area (Å²) >= 11 is 0. The molecule has 2 N–H and O–H groups in total. The maximum Gasteiger partial charge on any atom is 0.315 e. The van der Waals surface area contributed by atoms with Crippen molar-refractivity contribution in [2.45, 2.75) is 17.9 Å². The first-order chi connectivity index (χ1) is 10.9. The Balaban J connectivity index is 1.74. The van der Waals surface area contributed by atoms with Crippen LogP contribution < -0.4 is 10.6 Å². The summed E-state index contributed by atoms with van der Waals surface area (Å²) in [4.78, 5) is 16.1. The predicted octanol–water partition coefficient (Wildman–Crippen LogP) is 1.53. The Bertz CT molecular complexity index is 744. The minimum absolute atomic E-state index is 0.265. The van der Waals surface area contributed by atoms with Gasteiger partial charge in [0, 0.05) is 37.7 Å². The first kappa shape index (κ1) is 17.0. The maximum absolute atomic E-state index is 11.7. The maximum atomic E-state index is 11.7. The fourth-order valence-corrected chi connectivity index (χ4v) is 2.58. The molecule has 0 spiro atoms. The van der Waals surface area contributed by atoms with Crippen LogP contribution in [0.3, 0.4) is 0 Å². The summed E-state index contributed by atoms with van der Waals surface area (Å²) in [7, 11) is -3.19. The van der Waals surface area contributed by atoms with Crippen LogP contribution in [0.4, 0.5) is 4.79 Å². The lowest BCUT2D eigenvalue weighted by molar-refractivity contribution is 0.240. The minimum atomic E-state index is -3.19. The SMILES string of the molecule is CS(=O)(=O)c1ccc(CNC(=O)NCCc2ccccn2)cc1. The smallest absolute Gasteiger partial charge is 0.315 e. The number of hydrogen-bond donors (Lipinski definition) is 2. The predicted molar refractivity (Wildman–Crippen MR) is 87.7 cm³/mol. The molecule has 23 heavy (non-hydrogen) atoms. The quantitative estimate of drug-likeness (QED) is 0.839. The van der Waals surface area contributed by atoms with Crippen molar-refractivity contribution < 1.29 is 13.2 Å². The van der Waals surface area contributed by atoms with Crippen LogP contribution in [0.25, 0.3) is 0 Å². The number of rotatable bonds is 6. The van der Waals surface area contributed by atoms with E-state index in [0.717, 1.165) is 17.5 Å². The molecule has 6 nitrogen and oxygen atoms in total. The van der Waals surface area contributed by atoms with Crippen LogP contribution in [-0.4, -0.2) is 32.2 Å². The van der Waals surface area contributed by atoms with Gasteiger partial charge in [-0.1, -0.05) is 18.2 Å². The van der Waals surface area contributed by atoms with Crippen molar-refractivity contribution >= 4 is 15.9 Å². The molecule has 0 saturated heterocycles. The first-order valence-corrected chi connectivity index (χ1v) is 9.05. The Morgan fingerprint density at radius 2 is 1.83 bits per heavy atom. The van der Waals surface area contributed by atoms with E-state index in [1.54, 1.807) is 18.3 Å². The summed E-state index contributed by atoms with van der Waals surface area (Å²) in [5.41, 5.74) is 1.75. The third-order valence-corrected chi connectivity index (χ3v) is 4.33. The zero-order chi connectivity index (χ0) is 16.7. The molecule has 0 aliphatic heterocycles. The minimum Gasteiger partial charge on any atom is -0.338 e. The van der Waals surface area contributed by atoms with Crippen molar-refractivity contribution in [2.24, 2.45) is 0 Å². The van der Waals surface area contributed by atoms with Gasteiger partial charge in [0.25, 0.3) is 0 Å². The highest BCUT2D eigenvalue weighted by Crippen LogP contribution is 2.10. The van der Waals surface area contributed by atoms with Gasteiger partial charge >= 0.3 is 6.03 Å². The van der Waals surface area contributed by atoms with E-state index in [-0.39, 0.29) is 10.9 Å². The van der Waals surface area contributed by atoms with E-state index in [0.29, 0.717) is 19.5 Å². The Kier molecular flexibility index (Phi) is 5.70. The van der Waals surface area contributed by atoms with E-state index in [1.165, 1.54) is 12.1 Å². The molecule has 1 aromatic carbocycles. The van der Waals surface area contributed by atoms with Crippen molar-refractivity contribution in [2.75, 3.05) is 12.8 Å². The van der Waals surface area contributed by atoms with Gasteiger partial charge in [0.2, 0.25) is 0 Å². The second kappa shape index (κ2) is 7.73. The molecule has 0 aliphatic carbocycles. The average molecular weight is 333 g/mol. The van der Waals surface area contributed by atoms with E-state index in [4.69, 9.17) is 0 Å². The van der Waals surface area contributed by atoms with Gasteiger partial charge < -0.3 is 10.6 Å². The Morgan fingerprint density at radius 1 is 1.09 bits per heavy atom. The zero-order valence-electron chi connectivity index (χ0n) is 12.8. The second-order valence-electron chi connectivity index (χ2n) is 5.10. The van der Waals surface area contributed by atoms with Crippen LogP contribution in [-0.2, 0) is 22.8 Å². The summed E-state index contributed by atoms with van der Waals surface area (Å²) in [6.07, 6.45) is 3.54. The largest absolute Gasteiger partial charge is 0.338 e. The number of amides is 2. The normalized spacial score (nSPS) is 11.0. The fourth-order valence-electron chi connectivity index (χ4n) is 1.95. The number of hydrogen-bond acceptors (Lipinski definition) is 4. The molecule has 2 aromatic rings. The van der Waals surface area contributed by atoms with Crippen molar-refractivity contribution in [1.82, 2.24) is 15.6 Å². The highest BCUT2D eigenvalue weighted by atomic mass is 32.2. The van der Waals surface area contributed by atoms with Crippen LogP contribution in [0.15, 0.2) is 53.6 Å². The highest BCUT2D eigenvalue weighted by molar-refractivity contribution is 7.90. The van der Waals surface area contributed by atoms with Crippen molar-refractivity contribution in [1.29, 1.82) is 0 Å². The van der Waals surface area contributed by atoms with Crippen molar-refractivity contribution in [3.05, 3.63) is 59.9 Å². The standard InChI is InChI=1S/C16H19N3O3S/c1-23(21,22)15-7-5-13(6-8-15)12-19-16(20)18-11-9-14-4-2-3-10-17-14/h2-8,10H,9,11-12H2,1H3,(H2,18,19,20). The molecule has 122 valence electrons. The van der Waals surface area contributed by atoms with Crippen molar-refractivity contribution in [3.8, 4) is 0 Å². The number of carbonyl (C=O) groups is 1. The van der Waals surface area contributed by atoms with E-state index >= 15 is 0 Å². The molecular formula is C16H19N3O3S. The van der Waals surface area contributed by atoms with Gasteiger partial charge in [0.1, 0.15) is 0 Å². The number of aromatic nitrogens is 1. The van der Waals surface area contributed by atoms with E-state index in [2.05, 4.69) is 15.6 Å². The molecule has 0 atom stereocenters. The molecular weight excluding hydrogens is 314 g/mol. The average Bonchev–Trinajstić information content (AvgIpc) is 2.53. The molecule has 1 aromatic heterocycles. The summed E-state index contributed by atoms with van der Waals surface area (Å²) < 4.78 is 22.7. The zero-order valence-corrected chi connectivity index (χ0v) is 13.6. The number of urea groups is 1. The number of nitrogens with one attached hydrogen (secondary N) is 2. The molecule has 0 unspecified atom stereocenters. The Morgan fingerprint density at radius 3 is 2.43 bits per heavy atom. The van der Waals surface area contributed by atoms with Crippen LogP contribution in [0, 0.1) is 0 Å². The van der Waals surface area contributed by atoms with E-state index in [1.807, 2.05) is 18.2 Å². The van der Waals surface area contributed by atoms with E-state index < -0.39 is 9.84 Å². The summed E-state index contributed by atoms with van der Waals surface area (Å²) in [5, 5.41) is 5.47. The molecule has 1 heterocycles. The molecule has 0 saturated carbocycles. The lowest BCUT2D eigenvalue weighted by Gasteiger charge is -2.08. The Labute approximate surface area is 135 Å². The van der Waals surface area contributed by atoms with Crippen molar-refractivity contribution in [3.63, 3.8) is 0 Å². The number of carbonyl (C=O) groups excluding carboxylic acids is 1. The van der Waals surface area contributed by atoms with Gasteiger partial charge in [-0.25, -0.2) is 13.2 Å². The topological polar surface area (TPSA) is 88.2 Å². The molecule has 0 bridgehead atoms. The summed E-state index contributed by atoms with van der Waals surface area (Å²) in [5.74, 6) is 0. The highest BCUT2D eigenvalue weighted by Gasteiger charge is 2.06. The first-order valence-electron chi connectivity index (χ1n) is 7.16. The molecule has 0 fully saturated rings. The second-order valence-corrected chi connectivity index (χ2v) is 7.11. The van der Waals surface area contributed by atoms with Gasteiger partial charge in [-0.15, -0.1) is 0 Å². The van der Waals surface area contributed by atoms with Crippen LogP contribution in [0.1, 0.15) is 11.3 Å². The van der Waals surface area contributed by atoms with Crippen LogP contribution in [0.2, 0.25) is 0 Å². The number of nitrogens with zero attached hydrogens (tertiary/aromatic N) is 1. The molecule has 0 aliphatic rings. The van der Waals surface area contributed by atoms with Gasteiger partial charge in [-0.05, 0) is 29.8 Å². The molecule has 7 heteroatoms. The molecule has 0 radical (unpaired) electrons. The van der Waals surface area contributed by atoms with Gasteiger partial charge in [-0.2, -0.15) is 0 Å². The van der Waals surface area contributed by atoms with E-state index in [9.17, 15) is 13.2 Å². The lowest BCUT2D eigenvalue weighted by atomic mass is 10.2. The van der Waals surface area contributed by atoms with Gasteiger partial charge in [-0.3, -0.25) is 4.98 Å². The molecule has 2 rings (SSSR count). The van der Waals surface area contributed by atoms with Gasteiger partial charge in [0.15, 0.2) is 9.84 Å². The number of pyridine rings is 1. The third-order valence-electron chi connectivity index (χ3n) is 3.20. The monoisotopic (exact) mass is 333 g/mol. The van der Waals surface area contributed by atoms with Crippen LogP contribution in [0.5, 0.6) is 0 Å². The molecule has 2 amide bonds. The third kappa shape index (κ3) is 5.71.